The maximum Gasteiger partial charge on any atom is 0.191 e. The van der Waals surface area contributed by atoms with Gasteiger partial charge >= 0.3 is 0 Å². The highest BCUT2D eigenvalue weighted by molar-refractivity contribution is 14.0. The maximum atomic E-state index is 4.60. The van der Waals surface area contributed by atoms with Gasteiger partial charge in [-0.3, -0.25) is 4.99 Å². The zero-order valence-corrected chi connectivity index (χ0v) is 14.4. The van der Waals surface area contributed by atoms with Crippen LogP contribution in [0.1, 0.15) is 40.0 Å². The van der Waals surface area contributed by atoms with Gasteiger partial charge < -0.3 is 15.5 Å². The highest BCUT2D eigenvalue weighted by Crippen LogP contribution is 2.07. The number of rotatable bonds is 5. The predicted molar refractivity (Wildman–Crippen MR) is 90.0 cm³/mol. The minimum Gasteiger partial charge on any atom is -0.357 e. The van der Waals surface area contributed by atoms with Gasteiger partial charge in [0.2, 0.25) is 0 Å². The third-order valence-corrected chi connectivity index (χ3v) is 2.90. The molecular formula is C13H29IN4. The molecule has 5 heteroatoms. The van der Waals surface area contributed by atoms with Crippen LogP contribution < -0.4 is 10.6 Å². The number of nitrogens with one attached hydrogen (secondary N) is 2. The molecule has 1 rings (SSSR count). The second-order valence-corrected chi connectivity index (χ2v) is 4.96. The van der Waals surface area contributed by atoms with Gasteiger partial charge in [-0.05, 0) is 46.7 Å². The number of nitrogens with zero attached hydrogens (tertiary/aromatic N) is 2. The quantitative estimate of drug-likeness (QED) is 0.443. The van der Waals surface area contributed by atoms with Crippen molar-refractivity contribution in [2.75, 3.05) is 32.7 Å². The van der Waals surface area contributed by atoms with Gasteiger partial charge in [0.05, 0.1) is 6.54 Å². The molecule has 1 aliphatic rings. The third-order valence-electron chi connectivity index (χ3n) is 2.90. The van der Waals surface area contributed by atoms with Crippen molar-refractivity contribution in [2.45, 2.75) is 46.1 Å². The number of aliphatic imine (C=N–C) groups is 1. The van der Waals surface area contributed by atoms with E-state index in [1.165, 1.54) is 32.4 Å². The van der Waals surface area contributed by atoms with Crippen LogP contribution >= 0.6 is 24.0 Å². The number of guanidine groups is 1. The minimum absolute atomic E-state index is 0. The fourth-order valence-corrected chi connectivity index (χ4v) is 2.08. The zero-order valence-electron chi connectivity index (χ0n) is 12.0. The van der Waals surface area contributed by atoms with E-state index in [1.807, 2.05) is 0 Å². The van der Waals surface area contributed by atoms with E-state index in [2.05, 4.69) is 41.3 Å². The topological polar surface area (TPSA) is 39.7 Å². The Balaban J connectivity index is 0.00000289. The van der Waals surface area contributed by atoms with E-state index in [-0.39, 0.29) is 24.0 Å². The Morgan fingerprint density at radius 1 is 1.22 bits per heavy atom. The molecule has 1 aliphatic heterocycles. The summed E-state index contributed by atoms with van der Waals surface area (Å²) in [4.78, 5) is 7.12. The van der Waals surface area contributed by atoms with Gasteiger partial charge in [-0.2, -0.15) is 0 Å². The molecule has 4 nitrogen and oxygen atoms in total. The molecule has 0 radical (unpaired) electrons. The van der Waals surface area contributed by atoms with Gasteiger partial charge in [0.25, 0.3) is 0 Å². The van der Waals surface area contributed by atoms with Gasteiger partial charge in [-0.1, -0.05) is 6.42 Å². The van der Waals surface area contributed by atoms with Crippen LogP contribution in [-0.4, -0.2) is 49.6 Å². The zero-order chi connectivity index (χ0) is 12.5. The summed E-state index contributed by atoms with van der Waals surface area (Å²) in [6.45, 7) is 11.8. The van der Waals surface area contributed by atoms with Crippen LogP contribution in [0.2, 0.25) is 0 Å². The van der Waals surface area contributed by atoms with Crippen molar-refractivity contribution in [3.8, 4) is 0 Å². The molecule has 2 N–H and O–H groups in total. The summed E-state index contributed by atoms with van der Waals surface area (Å²) in [6.07, 6.45) is 4.11. The SMILES string of the molecule is CCNC(=NCCN1CCCCC1)NC(C)C.I. The molecule has 0 saturated carbocycles. The van der Waals surface area contributed by atoms with Crippen molar-refractivity contribution in [2.24, 2.45) is 4.99 Å². The van der Waals surface area contributed by atoms with Gasteiger partial charge in [0.1, 0.15) is 0 Å². The number of likely N-dealkylation sites (tertiary alicyclic amines) is 1. The highest BCUT2D eigenvalue weighted by Gasteiger charge is 2.08. The molecule has 1 fully saturated rings. The Hall–Kier alpha value is -0.0400. The summed E-state index contributed by atoms with van der Waals surface area (Å²) in [5.41, 5.74) is 0. The molecule has 0 aliphatic carbocycles. The number of hydrogen-bond donors (Lipinski definition) is 2. The number of piperidine rings is 1. The standard InChI is InChI=1S/C13H28N4.HI/c1-4-14-13(16-12(2)3)15-8-11-17-9-6-5-7-10-17;/h12H,4-11H2,1-3H3,(H2,14,15,16);1H. The summed E-state index contributed by atoms with van der Waals surface area (Å²) in [7, 11) is 0. The van der Waals surface area contributed by atoms with Gasteiger partial charge in [-0.25, -0.2) is 0 Å². The van der Waals surface area contributed by atoms with Crippen molar-refractivity contribution in [1.29, 1.82) is 0 Å². The molecule has 0 aromatic heterocycles. The van der Waals surface area contributed by atoms with Crippen LogP contribution in [0.5, 0.6) is 0 Å². The molecular weight excluding hydrogens is 339 g/mol. The predicted octanol–water partition coefficient (Wildman–Crippen LogP) is 2.05. The Labute approximate surface area is 129 Å². The van der Waals surface area contributed by atoms with Crippen molar-refractivity contribution in [1.82, 2.24) is 15.5 Å². The lowest BCUT2D eigenvalue weighted by molar-refractivity contribution is 0.235. The average Bonchev–Trinajstić information content (AvgIpc) is 2.30. The van der Waals surface area contributed by atoms with Gasteiger partial charge in [0, 0.05) is 19.1 Å². The van der Waals surface area contributed by atoms with E-state index in [0.717, 1.165) is 25.6 Å². The van der Waals surface area contributed by atoms with Crippen LogP contribution in [0.3, 0.4) is 0 Å². The summed E-state index contributed by atoms with van der Waals surface area (Å²) in [6, 6.07) is 0.433. The van der Waals surface area contributed by atoms with Crippen LogP contribution in [0.15, 0.2) is 4.99 Å². The number of hydrogen-bond acceptors (Lipinski definition) is 2. The molecule has 0 bridgehead atoms. The van der Waals surface area contributed by atoms with E-state index < -0.39 is 0 Å². The molecule has 0 atom stereocenters. The Kier molecular flexibility index (Phi) is 10.8. The molecule has 0 spiro atoms. The Morgan fingerprint density at radius 2 is 1.89 bits per heavy atom. The lowest BCUT2D eigenvalue weighted by Crippen LogP contribution is -2.41. The van der Waals surface area contributed by atoms with Crippen LogP contribution in [0, 0.1) is 0 Å². The fraction of sp³-hybridized carbons (Fsp3) is 0.923. The summed E-state index contributed by atoms with van der Waals surface area (Å²) in [5.74, 6) is 0.944. The third kappa shape index (κ3) is 8.13. The summed E-state index contributed by atoms with van der Waals surface area (Å²) in [5, 5.41) is 6.61. The molecule has 18 heavy (non-hydrogen) atoms. The monoisotopic (exact) mass is 368 g/mol. The lowest BCUT2D eigenvalue weighted by Gasteiger charge is -2.25. The first-order chi connectivity index (χ1) is 8.22. The second kappa shape index (κ2) is 10.8. The summed E-state index contributed by atoms with van der Waals surface area (Å²) >= 11 is 0. The van der Waals surface area contributed by atoms with Gasteiger partial charge in [-0.15, -0.1) is 24.0 Å². The highest BCUT2D eigenvalue weighted by atomic mass is 127. The molecule has 0 amide bonds. The normalized spacial score (nSPS) is 17.4. The van der Waals surface area contributed by atoms with Gasteiger partial charge in [0.15, 0.2) is 5.96 Å². The van der Waals surface area contributed by atoms with Crippen LogP contribution in [-0.2, 0) is 0 Å². The van der Waals surface area contributed by atoms with Crippen molar-refractivity contribution in [3.05, 3.63) is 0 Å². The van der Waals surface area contributed by atoms with E-state index in [1.54, 1.807) is 0 Å². The smallest absolute Gasteiger partial charge is 0.191 e. The van der Waals surface area contributed by atoms with Crippen molar-refractivity contribution in [3.63, 3.8) is 0 Å². The molecule has 0 aromatic rings. The molecule has 1 saturated heterocycles. The molecule has 0 unspecified atom stereocenters. The minimum atomic E-state index is 0. The maximum absolute atomic E-state index is 4.60. The molecule has 108 valence electrons. The number of halogens is 1. The first kappa shape index (κ1) is 18.0. The van der Waals surface area contributed by atoms with Crippen LogP contribution in [0.4, 0.5) is 0 Å². The van der Waals surface area contributed by atoms with E-state index >= 15 is 0 Å². The van der Waals surface area contributed by atoms with E-state index in [0.29, 0.717) is 6.04 Å². The lowest BCUT2D eigenvalue weighted by atomic mass is 10.1. The van der Waals surface area contributed by atoms with Crippen molar-refractivity contribution >= 4 is 29.9 Å². The molecule has 0 aromatic carbocycles. The van der Waals surface area contributed by atoms with E-state index in [4.69, 9.17) is 0 Å². The van der Waals surface area contributed by atoms with E-state index in [9.17, 15) is 0 Å². The summed E-state index contributed by atoms with van der Waals surface area (Å²) < 4.78 is 0. The van der Waals surface area contributed by atoms with Crippen LogP contribution in [0.25, 0.3) is 0 Å². The second-order valence-electron chi connectivity index (χ2n) is 4.96. The fourth-order valence-electron chi connectivity index (χ4n) is 2.08. The molecule has 1 heterocycles. The Morgan fingerprint density at radius 3 is 2.44 bits per heavy atom. The largest absolute Gasteiger partial charge is 0.357 e. The first-order valence-electron chi connectivity index (χ1n) is 6.99. The average molecular weight is 368 g/mol. The van der Waals surface area contributed by atoms with Crippen molar-refractivity contribution < 1.29 is 0 Å². The first-order valence-corrected chi connectivity index (χ1v) is 6.99. The Bertz CT molecular complexity index is 225.